The molecule has 5 nitrogen and oxygen atoms in total. The Labute approximate surface area is 145 Å². The first-order valence-corrected chi connectivity index (χ1v) is 8.96. The first kappa shape index (κ1) is 16.5. The molecule has 0 radical (unpaired) electrons. The molecule has 126 valence electrons. The fraction of sp³-hybridized carbons (Fsp3) is 0.278. The summed E-state index contributed by atoms with van der Waals surface area (Å²) in [6, 6.07) is 11.5. The van der Waals surface area contributed by atoms with E-state index in [-0.39, 0.29) is 6.03 Å². The van der Waals surface area contributed by atoms with Gasteiger partial charge < -0.3 is 20.1 Å². The zero-order chi connectivity index (χ0) is 16.9. The van der Waals surface area contributed by atoms with Crippen LogP contribution in [0.1, 0.15) is 11.1 Å². The largest absolute Gasteiger partial charge is 0.486 e. The van der Waals surface area contributed by atoms with Crippen LogP contribution in [-0.2, 0) is 6.54 Å². The highest BCUT2D eigenvalue weighted by Gasteiger charge is 2.16. The van der Waals surface area contributed by atoms with Crippen LogP contribution in [0, 0.1) is 6.92 Å². The molecule has 6 heteroatoms. The number of hydrogen-bond donors (Lipinski definition) is 2. The summed E-state index contributed by atoms with van der Waals surface area (Å²) in [5.74, 6) is 1.38. The molecule has 0 saturated carbocycles. The van der Waals surface area contributed by atoms with E-state index in [2.05, 4.69) is 10.6 Å². The van der Waals surface area contributed by atoms with Crippen LogP contribution in [0.3, 0.4) is 0 Å². The highest BCUT2D eigenvalue weighted by atomic mass is 32.2. The van der Waals surface area contributed by atoms with E-state index in [4.69, 9.17) is 9.47 Å². The van der Waals surface area contributed by atoms with Gasteiger partial charge in [-0.1, -0.05) is 29.8 Å². The summed E-state index contributed by atoms with van der Waals surface area (Å²) in [4.78, 5) is 13.1. The fourth-order valence-corrected chi connectivity index (χ4v) is 2.95. The van der Waals surface area contributed by atoms with Crippen LogP contribution < -0.4 is 20.1 Å². The lowest BCUT2D eigenvalue weighted by molar-refractivity contribution is 0.171. The molecule has 2 N–H and O–H groups in total. The van der Waals surface area contributed by atoms with Crippen molar-refractivity contribution in [1.82, 2.24) is 5.32 Å². The summed E-state index contributed by atoms with van der Waals surface area (Å²) >= 11 is 1.55. The molecule has 0 aromatic heterocycles. The van der Waals surface area contributed by atoms with Crippen molar-refractivity contribution in [2.75, 3.05) is 24.8 Å². The van der Waals surface area contributed by atoms with Crippen LogP contribution in [0.2, 0.25) is 0 Å². The van der Waals surface area contributed by atoms with E-state index in [9.17, 15) is 4.79 Å². The van der Waals surface area contributed by atoms with Crippen molar-refractivity contribution in [3.8, 4) is 11.5 Å². The van der Waals surface area contributed by atoms with Crippen LogP contribution in [0.25, 0.3) is 0 Å². The number of amides is 2. The molecule has 2 aromatic rings. The summed E-state index contributed by atoms with van der Waals surface area (Å²) < 4.78 is 11.2. The van der Waals surface area contributed by atoms with Crippen LogP contribution >= 0.6 is 11.8 Å². The standard InChI is InChI=1S/C18H20N2O3S/c1-12-3-5-13(6-4-12)11-19-18(21)20-14-9-15-16(10-17(14)24-2)23-8-7-22-15/h3-6,9-10H,7-8,11H2,1-2H3,(H2,19,20,21). The normalized spacial score (nSPS) is 12.6. The third-order valence-electron chi connectivity index (χ3n) is 3.69. The first-order valence-electron chi connectivity index (χ1n) is 7.74. The Bertz CT molecular complexity index is 732. The second kappa shape index (κ2) is 7.49. The van der Waals surface area contributed by atoms with Gasteiger partial charge in [0.25, 0.3) is 0 Å². The Morgan fingerprint density at radius 2 is 1.79 bits per heavy atom. The minimum atomic E-state index is -0.248. The molecule has 1 heterocycles. The monoisotopic (exact) mass is 344 g/mol. The minimum absolute atomic E-state index is 0.248. The average Bonchev–Trinajstić information content (AvgIpc) is 2.60. The summed E-state index contributed by atoms with van der Waals surface area (Å²) in [6.45, 7) is 3.58. The van der Waals surface area contributed by atoms with Gasteiger partial charge in [-0.15, -0.1) is 11.8 Å². The Morgan fingerprint density at radius 1 is 1.12 bits per heavy atom. The average molecular weight is 344 g/mol. The van der Waals surface area contributed by atoms with Gasteiger partial charge in [-0.25, -0.2) is 4.79 Å². The predicted octanol–water partition coefficient (Wildman–Crippen LogP) is 3.81. The molecular formula is C18H20N2O3S. The maximum absolute atomic E-state index is 12.2. The highest BCUT2D eigenvalue weighted by Crippen LogP contribution is 2.39. The maximum atomic E-state index is 12.2. The number of aryl methyl sites for hydroxylation is 1. The quantitative estimate of drug-likeness (QED) is 0.828. The molecule has 0 bridgehead atoms. The van der Waals surface area contributed by atoms with Gasteiger partial charge in [0.1, 0.15) is 13.2 Å². The number of rotatable bonds is 4. The third-order valence-corrected chi connectivity index (χ3v) is 4.46. The van der Waals surface area contributed by atoms with E-state index in [0.717, 1.165) is 16.2 Å². The van der Waals surface area contributed by atoms with Gasteiger partial charge in [-0.2, -0.15) is 0 Å². The molecule has 0 fully saturated rings. The number of ether oxygens (including phenoxy) is 2. The number of benzene rings is 2. The minimum Gasteiger partial charge on any atom is -0.486 e. The van der Waals surface area contributed by atoms with Gasteiger partial charge in [-0.05, 0) is 24.8 Å². The molecule has 1 aliphatic heterocycles. The molecule has 2 amide bonds. The van der Waals surface area contributed by atoms with Crippen molar-refractivity contribution < 1.29 is 14.3 Å². The van der Waals surface area contributed by atoms with Gasteiger partial charge in [0.05, 0.1) is 5.69 Å². The Kier molecular flexibility index (Phi) is 5.15. The van der Waals surface area contributed by atoms with Gasteiger partial charge in [0, 0.05) is 17.5 Å². The number of carbonyl (C=O) groups is 1. The predicted molar refractivity (Wildman–Crippen MR) is 96.3 cm³/mol. The number of thioether (sulfide) groups is 1. The van der Waals surface area contributed by atoms with Crippen LogP contribution in [-0.4, -0.2) is 25.5 Å². The molecule has 0 atom stereocenters. The molecule has 2 aromatic carbocycles. The zero-order valence-corrected chi connectivity index (χ0v) is 14.5. The molecule has 0 saturated heterocycles. The van der Waals surface area contributed by atoms with Gasteiger partial charge in [0.2, 0.25) is 0 Å². The zero-order valence-electron chi connectivity index (χ0n) is 13.7. The fourth-order valence-electron chi connectivity index (χ4n) is 2.39. The number of nitrogens with one attached hydrogen (secondary N) is 2. The highest BCUT2D eigenvalue weighted by molar-refractivity contribution is 7.98. The molecule has 0 spiro atoms. The lowest BCUT2D eigenvalue weighted by atomic mass is 10.1. The number of urea groups is 1. The maximum Gasteiger partial charge on any atom is 0.319 e. The summed E-state index contributed by atoms with van der Waals surface area (Å²) in [6.07, 6.45) is 1.96. The SMILES string of the molecule is CSc1cc2c(cc1NC(=O)NCc1ccc(C)cc1)OCCO2. The summed E-state index contributed by atoms with van der Waals surface area (Å²) in [5, 5.41) is 5.75. The van der Waals surface area contributed by atoms with Crippen molar-refractivity contribution in [2.45, 2.75) is 18.4 Å². The number of carbonyl (C=O) groups excluding carboxylic acids is 1. The second-order valence-electron chi connectivity index (χ2n) is 5.49. The van der Waals surface area contributed by atoms with Gasteiger partial charge >= 0.3 is 6.03 Å². The van der Waals surface area contributed by atoms with Crippen LogP contribution in [0.15, 0.2) is 41.3 Å². The third kappa shape index (κ3) is 3.94. The summed E-state index contributed by atoms with van der Waals surface area (Å²) in [7, 11) is 0. The van der Waals surface area contributed by atoms with E-state index in [1.807, 2.05) is 49.6 Å². The Morgan fingerprint density at radius 3 is 2.46 bits per heavy atom. The van der Waals surface area contributed by atoms with Crippen molar-refractivity contribution in [3.05, 3.63) is 47.5 Å². The van der Waals surface area contributed by atoms with E-state index < -0.39 is 0 Å². The first-order chi connectivity index (χ1) is 11.7. The number of hydrogen-bond acceptors (Lipinski definition) is 4. The van der Waals surface area contributed by atoms with E-state index in [0.29, 0.717) is 31.2 Å². The van der Waals surface area contributed by atoms with Crippen molar-refractivity contribution in [3.63, 3.8) is 0 Å². The Balaban J connectivity index is 1.66. The molecule has 24 heavy (non-hydrogen) atoms. The molecule has 0 aliphatic carbocycles. The van der Waals surface area contributed by atoms with Gasteiger partial charge in [-0.3, -0.25) is 0 Å². The smallest absolute Gasteiger partial charge is 0.319 e. The van der Waals surface area contributed by atoms with E-state index >= 15 is 0 Å². The topological polar surface area (TPSA) is 59.6 Å². The van der Waals surface area contributed by atoms with Crippen LogP contribution in [0.4, 0.5) is 10.5 Å². The van der Waals surface area contributed by atoms with Crippen molar-refractivity contribution in [1.29, 1.82) is 0 Å². The van der Waals surface area contributed by atoms with E-state index in [1.54, 1.807) is 11.8 Å². The second-order valence-corrected chi connectivity index (χ2v) is 6.34. The van der Waals surface area contributed by atoms with E-state index in [1.165, 1.54) is 5.56 Å². The summed E-state index contributed by atoms with van der Waals surface area (Å²) in [5.41, 5.74) is 2.97. The number of fused-ring (bicyclic) bond motifs is 1. The molecule has 0 unspecified atom stereocenters. The number of anilines is 1. The molecular weight excluding hydrogens is 324 g/mol. The Hall–Kier alpha value is -2.34. The van der Waals surface area contributed by atoms with Crippen LogP contribution in [0.5, 0.6) is 11.5 Å². The van der Waals surface area contributed by atoms with Crippen molar-refractivity contribution >= 4 is 23.5 Å². The lowest BCUT2D eigenvalue weighted by Crippen LogP contribution is -2.28. The van der Waals surface area contributed by atoms with Crippen molar-refractivity contribution in [2.24, 2.45) is 0 Å². The molecule has 1 aliphatic rings. The molecule has 3 rings (SSSR count). The lowest BCUT2D eigenvalue weighted by Gasteiger charge is -2.21. The van der Waals surface area contributed by atoms with Gasteiger partial charge in [0.15, 0.2) is 11.5 Å².